The SMILES string of the molecule is C[C@H]([NH2+]CC(=O)Nc1ccc(N2CCOCC2)cc1)c1ccc(F)c(F)c1. The normalized spacial score (nSPS) is 15.4. The Morgan fingerprint density at radius 1 is 1.15 bits per heavy atom. The van der Waals surface area contributed by atoms with Crippen LogP contribution in [0.2, 0.25) is 0 Å². The molecule has 1 aliphatic rings. The summed E-state index contributed by atoms with van der Waals surface area (Å²) in [6.45, 7) is 5.21. The summed E-state index contributed by atoms with van der Waals surface area (Å²) in [4.78, 5) is 14.4. The molecule has 2 aromatic rings. The van der Waals surface area contributed by atoms with Crippen molar-refractivity contribution in [3.05, 3.63) is 59.7 Å². The Morgan fingerprint density at radius 3 is 2.52 bits per heavy atom. The lowest BCUT2D eigenvalue weighted by Gasteiger charge is -2.28. The fraction of sp³-hybridized carbons (Fsp3) is 0.350. The topological polar surface area (TPSA) is 58.2 Å². The smallest absolute Gasteiger partial charge is 0.279 e. The first kappa shape index (κ1) is 19.3. The van der Waals surface area contributed by atoms with Gasteiger partial charge in [-0.1, -0.05) is 0 Å². The lowest BCUT2D eigenvalue weighted by Crippen LogP contribution is -2.86. The van der Waals surface area contributed by atoms with Crippen molar-refractivity contribution < 1.29 is 23.6 Å². The minimum atomic E-state index is -0.877. The van der Waals surface area contributed by atoms with Crippen LogP contribution in [0, 0.1) is 11.6 Å². The van der Waals surface area contributed by atoms with Gasteiger partial charge in [-0.15, -0.1) is 0 Å². The number of anilines is 2. The van der Waals surface area contributed by atoms with Crippen LogP contribution in [0.3, 0.4) is 0 Å². The molecule has 1 heterocycles. The van der Waals surface area contributed by atoms with Gasteiger partial charge >= 0.3 is 0 Å². The number of ether oxygens (including phenoxy) is 1. The van der Waals surface area contributed by atoms with Gasteiger partial charge in [0, 0.05) is 30.0 Å². The van der Waals surface area contributed by atoms with Gasteiger partial charge in [0.1, 0.15) is 6.04 Å². The van der Waals surface area contributed by atoms with Crippen molar-refractivity contribution in [1.82, 2.24) is 0 Å². The lowest BCUT2D eigenvalue weighted by atomic mass is 10.1. The van der Waals surface area contributed by atoms with Gasteiger partial charge < -0.3 is 20.3 Å². The summed E-state index contributed by atoms with van der Waals surface area (Å²) < 4.78 is 31.7. The Hall–Kier alpha value is -2.51. The van der Waals surface area contributed by atoms with Crippen LogP contribution in [-0.2, 0) is 9.53 Å². The zero-order chi connectivity index (χ0) is 19.2. The molecule has 144 valence electrons. The van der Waals surface area contributed by atoms with Gasteiger partial charge in [-0.2, -0.15) is 0 Å². The number of quaternary nitrogens is 1. The predicted molar refractivity (Wildman–Crippen MR) is 99.7 cm³/mol. The minimum Gasteiger partial charge on any atom is -0.378 e. The second kappa shape index (κ2) is 8.92. The van der Waals surface area contributed by atoms with Crippen LogP contribution in [0.15, 0.2) is 42.5 Å². The summed E-state index contributed by atoms with van der Waals surface area (Å²) in [6.07, 6.45) is 0. The Balaban J connectivity index is 1.49. The van der Waals surface area contributed by atoms with E-state index in [1.165, 1.54) is 12.1 Å². The molecule has 3 rings (SSSR count). The molecule has 5 nitrogen and oxygen atoms in total. The van der Waals surface area contributed by atoms with Gasteiger partial charge in [0.05, 0.1) is 13.2 Å². The second-order valence-corrected chi connectivity index (χ2v) is 6.60. The molecule has 0 spiro atoms. The molecule has 1 atom stereocenters. The first-order valence-electron chi connectivity index (χ1n) is 9.04. The monoisotopic (exact) mass is 376 g/mol. The summed E-state index contributed by atoms with van der Waals surface area (Å²) in [5.41, 5.74) is 2.47. The van der Waals surface area contributed by atoms with Crippen LogP contribution in [0.1, 0.15) is 18.5 Å². The van der Waals surface area contributed by atoms with Crippen LogP contribution in [-0.4, -0.2) is 38.8 Å². The highest BCUT2D eigenvalue weighted by Gasteiger charge is 2.15. The Labute approximate surface area is 157 Å². The molecule has 0 aromatic heterocycles. The third kappa shape index (κ3) is 5.24. The van der Waals surface area contributed by atoms with Crippen LogP contribution in [0.4, 0.5) is 20.2 Å². The molecular formula is C20H24F2N3O2+. The third-order valence-electron chi connectivity index (χ3n) is 4.65. The Bertz CT molecular complexity index is 777. The van der Waals surface area contributed by atoms with Gasteiger partial charge in [-0.05, 0) is 49.4 Å². The van der Waals surface area contributed by atoms with E-state index in [0.29, 0.717) is 5.56 Å². The fourth-order valence-corrected chi connectivity index (χ4v) is 3.00. The molecular weight excluding hydrogens is 352 g/mol. The predicted octanol–water partition coefficient (Wildman–Crippen LogP) is 2.06. The number of nitrogens with one attached hydrogen (secondary N) is 1. The fourth-order valence-electron chi connectivity index (χ4n) is 3.00. The number of benzene rings is 2. The van der Waals surface area contributed by atoms with Crippen molar-refractivity contribution in [3.63, 3.8) is 0 Å². The molecule has 1 saturated heterocycles. The van der Waals surface area contributed by atoms with E-state index >= 15 is 0 Å². The van der Waals surface area contributed by atoms with Gasteiger partial charge in [0.2, 0.25) is 0 Å². The first-order valence-corrected chi connectivity index (χ1v) is 9.04. The molecule has 1 amide bonds. The number of amides is 1. The van der Waals surface area contributed by atoms with Gasteiger partial charge in [0.25, 0.3) is 5.91 Å². The third-order valence-corrected chi connectivity index (χ3v) is 4.65. The highest BCUT2D eigenvalue weighted by molar-refractivity contribution is 5.91. The zero-order valence-corrected chi connectivity index (χ0v) is 15.3. The average Bonchev–Trinajstić information content (AvgIpc) is 2.69. The number of hydrogen-bond donors (Lipinski definition) is 2. The van der Waals surface area contributed by atoms with Crippen molar-refractivity contribution in [3.8, 4) is 0 Å². The molecule has 1 fully saturated rings. The average molecular weight is 376 g/mol. The van der Waals surface area contributed by atoms with Crippen LogP contribution in [0.25, 0.3) is 0 Å². The highest BCUT2D eigenvalue weighted by Crippen LogP contribution is 2.19. The maximum Gasteiger partial charge on any atom is 0.279 e. The van der Waals surface area contributed by atoms with Gasteiger partial charge in [-0.3, -0.25) is 4.79 Å². The van der Waals surface area contributed by atoms with Gasteiger partial charge in [0.15, 0.2) is 18.2 Å². The maximum absolute atomic E-state index is 13.3. The molecule has 0 bridgehead atoms. The Kier molecular flexibility index (Phi) is 6.36. The Morgan fingerprint density at radius 2 is 1.85 bits per heavy atom. The standard InChI is InChI=1S/C20H23F2N3O2/c1-14(15-2-7-18(21)19(22)12-15)23-13-20(26)24-16-3-5-17(6-4-16)25-8-10-27-11-9-25/h2-7,12,14,23H,8-11,13H2,1H3,(H,24,26)/p+1/t14-/m0/s1. The quantitative estimate of drug-likeness (QED) is 0.812. The van der Waals surface area contributed by atoms with Crippen molar-refractivity contribution in [2.24, 2.45) is 0 Å². The number of hydrogen-bond acceptors (Lipinski definition) is 3. The summed E-state index contributed by atoms with van der Waals surface area (Å²) >= 11 is 0. The first-order chi connectivity index (χ1) is 13.0. The molecule has 3 N–H and O–H groups in total. The van der Waals surface area contributed by atoms with Crippen molar-refractivity contribution in [2.75, 3.05) is 43.1 Å². The summed E-state index contributed by atoms with van der Waals surface area (Å²) in [5, 5.41) is 4.63. The minimum absolute atomic E-state index is 0.149. The summed E-state index contributed by atoms with van der Waals surface area (Å²) in [7, 11) is 0. The molecule has 2 aromatic carbocycles. The maximum atomic E-state index is 13.3. The number of nitrogens with two attached hydrogens (primary N) is 1. The zero-order valence-electron chi connectivity index (χ0n) is 15.3. The van der Waals surface area contributed by atoms with Crippen molar-refractivity contribution in [2.45, 2.75) is 13.0 Å². The van der Waals surface area contributed by atoms with E-state index in [1.54, 1.807) is 5.32 Å². The van der Waals surface area contributed by atoms with Crippen molar-refractivity contribution >= 4 is 17.3 Å². The number of carbonyl (C=O) groups is 1. The molecule has 0 aliphatic carbocycles. The molecule has 0 saturated carbocycles. The summed E-state index contributed by atoms with van der Waals surface area (Å²) in [5.74, 6) is -1.90. The van der Waals surface area contributed by atoms with Crippen LogP contribution < -0.4 is 15.5 Å². The number of nitrogens with zero attached hydrogens (tertiary/aromatic N) is 1. The second-order valence-electron chi connectivity index (χ2n) is 6.60. The van der Waals surface area contributed by atoms with E-state index < -0.39 is 11.6 Å². The summed E-state index contributed by atoms with van der Waals surface area (Å²) in [6, 6.07) is 11.4. The largest absolute Gasteiger partial charge is 0.378 e. The molecule has 7 heteroatoms. The number of rotatable bonds is 6. The van der Waals surface area contributed by atoms with Crippen LogP contribution >= 0.6 is 0 Å². The van der Waals surface area contributed by atoms with Gasteiger partial charge in [-0.25, -0.2) is 8.78 Å². The number of carbonyl (C=O) groups excluding carboxylic acids is 1. The number of halogens is 2. The molecule has 27 heavy (non-hydrogen) atoms. The number of morpholine rings is 1. The highest BCUT2D eigenvalue weighted by atomic mass is 19.2. The van der Waals surface area contributed by atoms with E-state index in [2.05, 4.69) is 10.2 Å². The molecule has 0 unspecified atom stereocenters. The van der Waals surface area contributed by atoms with E-state index in [1.807, 2.05) is 31.2 Å². The van der Waals surface area contributed by atoms with E-state index in [0.717, 1.165) is 43.7 Å². The van der Waals surface area contributed by atoms with Crippen LogP contribution in [0.5, 0.6) is 0 Å². The van der Waals surface area contributed by atoms with E-state index in [-0.39, 0.29) is 18.5 Å². The molecule has 0 radical (unpaired) electrons. The van der Waals surface area contributed by atoms with Crippen molar-refractivity contribution in [1.29, 1.82) is 0 Å². The van der Waals surface area contributed by atoms with E-state index in [9.17, 15) is 13.6 Å². The molecule has 1 aliphatic heterocycles. The van der Waals surface area contributed by atoms with E-state index in [4.69, 9.17) is 4.74 Å². The lowest BCUT2D eigenvalue weighted by molar-refractivity contribution is -0.682.